The van der Waals surface area contributed by atoms with Crippen molar-refractivity contribution in [1.82, 2.24) is 15.5 Å². The van der Waals surface area contributed by atoms with Crippen LogP contribution in [0.25, 0.3) is 0 Å². The highest BCUT2D eigenvalue weighted by Gasteiger charge is 2.35. The van der Waals surface area contributed by atoms with Crippen LogP contribution in [0.3, 0.4) is 0 Å². The molecule has 1 N–H and O–H groups in total. The number of rotatable bonds is 2. The highest BCUT2D eigenvalue weighted by molar-refractivity contribution is 6.30. The molecule has 0 unspecified atom stereocenters. The summed E-state index contributed by atoms with van der Waals surface area (Å²) in [7, 11) is 0. The Bertz CT molecular complexity index is 489. The van der Waals surface area contributed by atoms with Gasteiger partial charge in [0.25, 0.3) is 6.43 Å². The van der Waals surface area contributed by atoms with Crippen molar-refractivity contribution in [2.45, 2.75) is 25.0 Å². The summed E-state index contributed by atoms with van der Waals surface area (Å²) in [5, 5.41) is 10.7. The van der Waals surface area contributed by atoms with Crippen molar-refractivity contribution in [3.05, 3.63) is 16.8 Å². The highest BCUT2D eigenvalue weighted by atomic mass is 35.5. The predicted octanol–water partition coefficient (Wildman–Crippen LogP) is 1.63. The van der Waals surface area contributed by atoms with Gasteiger partial charge in [0.05, 0.1) is 24.3 Å². The second kappa shape index (κ2) is 5.75. The maximum atomic E-state index is 12.9. The Morgan fingerprint density at radius 1 is 1.45 bits per heavy atom. The van der Waals surface area contributed by atoms with Crippen LogP contribution in [0.4, 0.5) is 14.6 Å². The normalized spacial score (nSPS) is 26.7. The fourth-order valence-corrected chi connectivity index (χ4v) is 2.92. The Labute approximate surface area is 120 Å². The van der Waals surface area contributed by atoms with Gasteiger partial charge in [0.1, 0.15) is 0 Å². The summed E-state index contributed by atoms with van der Waals surface area (Å²) >= 11 is 5.66. The van der Waals surface area contributed by atoms with Crippen LogP contribution >= 0.6 is 11.6 Å². The van der Waals surface area contributed by atoms with Crippen molar-refractivity contribution in [3.8, 4) is 0 Å². The van der Waals surface area contributed by atoms with Crippen LogP contribution in [0.15, 0.2) is 6.07 Å². The summed E-state index contributed by atoms with van der Waals surface area (Å²) in [6.07, 6.45) is -1.64. The molecule has 0 amide bonds. The number of nitrogens with one attached hydrogen (secondary N) is 1. The van der Waals surface area contributed by atoms with Crippen molar-refractivity contribution < 1.29 is 13.5 Å². The van der Waals surface area contributed by atoms with Gasteiger partial charge in [-0.05, 0) is 19.0 Å². The number of fused-ring (bicyclic) bond motifs is 1. The summed E-state index contributed by atoms with van der Waals surface area (Å²) in [6, 6.07) is 1.43. The van der Waals surface area contributed by atoms with Crippen molar-refractivity contribution in [1.29, 1.82) is 0 Å². The summed E-state index contributed by atoms with van der Waals surface area (Å²) < 4.78 is 31.5. The lowest BCUT2D eigenvalue weighted by atomic mass is 10.0. The molecule has 0 aliphatic carbocycles. The average molecular weight is 305 g/mol. The van der Waals surface area contributed by atoms with Crippen LogP contribution in [0, 0.1) is 0 Å². The zero-order valence-corrected chi connectivity index (χ0v) is 11.5. The number of hydrogen-bond acceptors (Lipinski definition) is 5. The Hall–Kier alpha value is -1.05. The molecular formula is C12H15ClF2N4O. The third kappa shape index (κ3) is 2.57. The van der Waals surface area contributed by atoms with Crippen molar-refractivity contribution >= 4 is 17.4 Å². The third-order valence-electron chi connectivity index (χ3n) is 3.75. The molecule has 5 nitrogen and oxygen atoms in total. The minimum atomic E-state index is -2.65. The van der Waals surface area contributed by atoms with Crippen LogP contribution in [-0.2, 0) is 4.74 Å². The van der Waals surface area contributed by atoms with E-state index in [-0.39, 0.29) is 22.9 Å². The van der Waals surface area contributed by atoms with E-state index in [1.807, 2.05) is 4.90 Å². The summed E-state index contributed by atoms with van der Waals surface area (Å²) in [4.78, 5) is 1.98. The number of ether oxygens (including phenoxy) is 1. The van der Waals surface area contributed by atoms with Crippen LogP contribution in [0.2, 0.25) is 5.15 Å². The molecule has 0 radical (unpaired) electrons. The SMILES string of the molecule is FC(F)c1cc(N2CCO[C@@H]3CCNC[C@@H]32)nnc1Cl. The minimum Gasteiger partial charge on any atom is -0.374 e. The predicted molar refractivity (Wildman–Crippen MR) is 70.4 cm³/mol. The van der Waals surface area contributed by atoms with E-state index in [0.29, 0.717) is 19.0 Å². The van der Waals surface area contributed by atoms with Crippen molar-refractivity contribution in [3.63, 3.8) is 0 Å². The Kier molecular flexibility index (Phi) is 4.00. The fraction of sp³-hybridized carbons (Fsp3) is 0.667. The number of anilines is 1. The molecule has 1 aromatic heterocycles. The van der Waals surface area contributed by atoms with Crippen LogP contribution in [0.1, 0.15) is 18.4 Å². The highest BCUT2D eigenvalue weighted by Crippen LogP contribution is 2.30. The Morgan fingerprint density at radius 2 is 2.30 bits per heavy atom. The molecule has 0 aromatic carbocycles. The maximum absolute atomic E-state index is 12.9. The first kappa shape index (κ1) is 13.9. The Balaban J connectivity index is 1.89. The van der Waals surface area contributed by atoms with E-state index < -0.39 is 6.43 Å². The van der Waals surface area contributed by atoms with Crippen molar-refractivity contribution in [2.75, 3.05) is 31.1 Å². The number of alkyl halides is 2. The summed E-state index contributed by atoms with van der Waals surface area (Å²) in [6.45, 7) is 2.83. The summed E-state index contributed by atoms with van der Waals surface area (Å²) in [5.74, 6) is 0.437. The topological polar surface area (TPSA) is 50.3 Å². The minimum absolute atomic E-state index is 0.0958. The molecule has 0 bridgehead atoms. The molecule has 3 heterocycles. The lowest BCUT2D eigenvalue weighted by Gasteiger charge is -2.44. The lowest BCUT2D eigenvalue weighted by molar-refractivity contribution is -0.00380. The van der Waals surface area contributed by atoms with E-state index in [1.54, 1.807) is 0 Å². The molecule has 110 valence electrons. The van der Waals surface area contributed by atoms with Gasteiger partial charge in [-0.2, -0.15) is 0 Å². The van der Waals surface area contributed by atoms with E-state index >= 15 is 0 Å². The molecule has 2 fully saturated rings. The van der Waals surface area contributed by atoms with Gasteiger partial charge >= 0.3 is 0 Å². The van der Waals surface area contributed by atoms with Gasteiger partial charge in [0.15, 0.2) is 11.0 Å². The first-order chi connectivity index (χ1) is 9.66. The van der Waals surface area contributed by atoms with Crippen LogP contribution < -0.4 is 10.2 Å². The molecular weight excluding hydrogens is 290 g/mol. The molecule has 2 aliphatic rings. The van der Waals surface area contributed by atoms with E-state index in [9.17, 15) is 8.78 Å². The number of nitrogens with zero attached hydrogens (tertiary/aromatic N) is 3. The average Bonchev–Trinajstić information content (AvgIpc) is 2.47. The second-order valence-electron chi connectivity index (χ2n) is 4.91. The van der Waals surface area contributed by atoms with Crippen LogP contribution in [-0.4, -0.2) is 48.6 Å². The first-order valence-corrected chi connectivity index (χ1v) is 6.95. The molecule has 20 heavy (non-hydrogen) atoms. The standard InChI is InChI=1S/C12H15ClF2N4O/c13-11-7(12(14)15)5-10(17-18-11)19-3-4-20-9-1-2-16-6-8(9)19/h5,8-9,12,16H,1-4,6H2/t8-,9+/m0/s1. The van der Waals surface area contributed by atoms with Gasteiger partial charge in [-0.25, -0.2) is 8.78 Å². The maximum Gasteiger partial charge on any atom is 0.267 e. The monoisotopic (exact) mass is 304 g/mol. The molecule has 3 rings (SSSR count). The molecule has 1 aromatic rings. The van der Waals surface area contributed by atoms with Gasteiger partial charge in [0, 0.05) is 13.1 Å². The third-order valence-corrected chi connectivity index (χ3v) is 4.04. The zero-order valence-electron chi connectivity index (χ0n) is 10.7. The van der Waals surface area contributed by atoms with Gasteiger partial charge in [-0.3, -0.25) is 0 Å². The number of hydrogen-bond donors (Lipinski definition) is 1. The fourth-order valence-electron chi connectivity index (χ4n) is 2.75. The zero-order chi connectivity index (χ0) is 14.1. The molecule has 2 saturated heterocycles. The Morgan fingerprint density at radius 3 is 3.10 bits per heavy atom. The molecule has 0 spiro atoms. The second-order valence-corrected chi connectivity index (χ2v) is 5.27. The van der Waals surface area contributed by atoms with Crippen molar-refractivity contribution in [2.24, 2.45) is 0 Å². The van der Waals surface area contributed by atoms with E-state index in [2.05, 4.69) is 15.5 Å². The van der Waals surface area contributed by atoms with Crippen LogP contribution in [0.5, 0.6) is 0 Å². The first-order valence-electron chi connectivity index (χ1n) is 6.57. The number of piperidine rings is 1. The number of morpholine rings is 1. The van der Waals surface area contributed by atoms with E-state index in [4.69, 9.17) is 16.3 Å². The summed E-state index contributed by atoms with van der Waals surface area (Å²) in [5.41, 5.74) is -0.275. The van der Waals surface area contributed by atoms with Gasteiger partial charge < -0.3 is 15.0 Å². The quantitative estimate of drug-likeness (QED) is 0.900. The van der Waals surface area contributed by atoms with Gasteiger partial charge in [-0.15, -0.1) is 10.2 Å². The van der Waals surface area contributed by atoms with Gasteiger partial charge in [0.2, 0.25) is 0 Å². The lowest BCUT2D eigenvalue weighted by Crippen LogP contribution is -2.59. The van der Waals surface area contributed by atoms with Gasteiger partial charge in [-0.1, -0.05) is 11.6 Å². The largest absolute Gasteiger partial charge is 0.374 e. The molecule has 8 heteroatoms. The number of aromatic nitrogens is 2. The smallest absolute Gasteiger partial charge is 0.267 e. The molecule has 2 atom stereocenters. The molecule has 2 aliphatic heterocycles. The van der Waals surface area contributed by atoms with E-state index in [1.165, 1.54) is 6.07 Å². The van der Waals surface area contributed by atoms with E-state index in [0.717, 1.165) is 19.5 Å². The molecule has 0 saturated carbocycles. The number of halogens is 3.